The SMILES string of the molecule is CC(=O)c1ccc(-c2n[nH]c3ccc(C(=O)NCc4cccnc4)cc23)s1. The molecule has 0 bridgehead atoms. The van der Waals surface area contributed by atoms with E-state index in [4.69, 9.17) is 0 Å². The average Bonchev–Trinajstić information content (AvgIpc) is 3.33. The first-order valence-electron chi connectivity index (χ1n) is 8.38. The van der Waals surface area contributed by atoms with Crippen molar-refractivity contribution in [1.29, 1.82) is 0 Å². The van der Waals surface area contributed by atoms with Crippen molar-refractivity contribution in [2.24, 2.45) is 0 Å². The Kier molecular flexibility index (Phi) is 4.52. The Morgan fingerprint density at radius 3 is 2.81 bits per heavy atom. The highest BCUT2D eigenvalue weighted by Crippen LogP contribution is 2.32. The van der Waals surface area contributed by atoms with E-state index in [0.29, 0.717) is 17.0 Å². The number of aromatic amines is 1. The molecule has 0 aliphatic rings. The van der Waals surface area contributed by atoms with Gasteiger partial charge in [0, 0.05) is 29.9 Å². The highest BCUT2D eigenvalue weighted by molar-refractivity contribution is 7.17. The lowest BCUT2D eigenvalue weighted by Gasteiger charge is -2.05. The van der Waals surface area contributed by atoms with Crippen LogP contribution in [-0.2, 0) is 6.54 Å². The summed E-state index contributed by atoms with van der Waals surface area (Å²) in [7, 11) is 0. The Hall–Kier alpha value is -3.32. The molecule has 6 nitrogen and oxygen atoms in total. The Balaban J connectivity index is 1.61. The number of H-pyrrole nitrogens is 1. The van der Waals surface area contributed by atoms with Crippen molar-refractivity contribution in [2.75, 3.05) is 0 Å². The third-order valence-electron chi connectivity index (χ3n) is 4.19. The van der Waals surface area contributed by atoms with Crippen LogP contribution >= 0.6 is 11.3 Å². The van der Waals surface area contributed by atoms with E-state index in [2.05, 4.69) is 20.5 Å². The van der Waals surface area contributed by atoms with Gasteiger partial charge in [0.1, 0.15) is 5.69 Å². The number of ketones is 1. The van der Waals surface area contributed by atoms with Crippen molar-refractivity contribution >= 4 is 33.9 Å². The molecule has 0 radical (unpaired) electrons. The molecule has 4 rings (SSSR count). The summed E-state index contributed by atoms with van der Waals surface area (Å²) in [6.45, 7) is 1.96. The van der Waals surface area contributed by atoms with Gasteiger partial charge in [-0.05, 0) is 48.9 Å². The second kappa shape index (κ2) is 7.13. The predicted molar refractivity (Wildman–Crippen MR) is 105 cm³/mol. The predicted octanol–water partition coefficient (Wildman–Crippen LogP) is 3.82. The first-order valence-corrected chi connectivity index (χ1v) is 9.20. The highest BCUT2D eigenvalue weighted by atomic mass is 32.1. The van der Waals surface area contributed by atoms with Gasteiger partial charge in [-0.2, -0.15) is 5.10 Å². The average molecular weight is 376 g/mol. The molecule has 3 aromatic heterocycles. The van der Waals surface area contributed by atoms with Crippen molar-refractivity contribution in [3.05, 3.63) is 70.9 Å². The maximum absolute atomic E-state index is 12.5. The van der Waals surface area contributed by atoms with E-state index >= 15 is 0 Å². The number of carbonyl (C=O) groups excluding carboxylic acids is 2. The van der Waals surface area contributed by atoms with Gasteiger partial charge >= 0.3 is 0 Å². The Morgan fingerprint density at radius 1 is 1.19 bits per heavy atom. The molecule has 7 heteroatoms. The number of Topliss-reactive ketones (excluding diaryl/α,β-unsaturated/α-hetero) is 1. The summed E-state index contributed by atoms with van der Waals surface area (Å²) in [5.74, 6) is -0.134. The van der Waals surface area contributed by atoms with Gasteiger partial charge in [0.25, 0.3) is 5.91 Å². The molecule has 2 N–H and O–H groups in total. The number of carbonyl (C=O) groups is 2. The number of nitrogens with one attached hydrogen (secondary N) is 2. The lowest BCUT2D eigenvalue weighted by molar-refractivity contribution is 0.0950. The number of aromatic nitrogens is 3. The van der Waals surface area contributed by atoms with Gasteiger partial charge in [-0.15, -0.1) is 11.3 Å². The molecule has 0 fully saturated rings. The van der Waals surface area contributed by atoms with Crippen LogP contribution in [0, 0.1) is 0 Å². The maximum atomic E-state index is 12.5. The molecular weight excluding hydrogens is 360 g/mol. The molecule has 0 spiro atoms. The fourth-order valence-electron chi connectivity index (χ4n) is 2.78. The number of hydrogen-bond acceptors (Lipinski definition) is 5. The van der Waals surface area contributed by atoms with Crippen LogP contribution in [0.1, 0.15) is 32.5 Å². The first-order chi connectivity index (χ1) is 13.1. The lowest BCUT2D eigenvalue weighted by atomic mass is 10.1. The summed E-state index contributed by atoms with van der Waals surface area (Å²) < 4.78 is 0. The molecule has 3 heterocycles. The molecule has 134 valence electrons. The number of rotatable bonds is 5. The summed E-state index contributed by atoms with van der Waals surface area (Å²) in [5.41, 5.74) is 3.07. The number of nitrogens with zero attached hydrogens (tertiary/aromatic N) is 2. The molecule has 0 aliphatic heterocycles. The van der Waals surface area contributed by atoms with Crippen LogP contribution in [-0.4, -0.2) is 26.9 Å². The zero-order valence-corrected chi connectivity index (χ0v) is 15.3. The Labute approximate surface area is 159 Å². The van der Waals surface area contributed by atoms with Crippen LogP contribution in [0.25, 0.3) is 21.5 Å². The fraction of sp³-hybridized carbons (Fsp3) is 0.100. The van der Waals surface area contributed by atoms with Crippen molar-refractivity contribution < 1.29 is 9.59 Å². The number of thiophene rings is 1. The highest BCUT2D eigenvalue weighted by Gasteiger charge is 2.14. The molecule has 0 unspecified atom stereocenters. The molecule has 0 atom stereocenters. The van der Waals surface area contributed by atoms with Crippen molar-refractivity contribution in [3.8, 4) is 10.6 Å². The lowest BCUT2D eigenvalue weighted by Crippen LogP contribution is -2.22. The minimum absolute atomic E-state index is 0.0292. The third-order valence-corrected chi connectivity index (χ3v) is 5.38. The normalized spacial score (nSPS) is 10.9. The molecular formula is C20H16N4O2S. The van der Waals surface area contributed by atoms with Gasteiger partial charge in [0.05, 0.1) is 15.3 Å². The van der Waals surface area contributed by atoms with Gasteiger partial charge in [-0.25, -0.2) is 0 Å². The van der Waals surface area contributed by atoms with E-state index in [1.54, 1.807) is 31.5 Å². The molecule has 0 saturated heterocycles. The summed E-state index contributed by atoms with van der Waals surface area (Å²) in [4.78, 5) is 29.7. The number of benzene rings is 1. The zero-order valence-electron chi connectivity index (χ0n) is 14.5. The fourth-order valence-corrected chi connectivity index (χ4v) is 3.69. The van der Waals surface area contributed by atoms with Crippen molar-refractivity contribution in [2.45, 2.75) is 13.5 Å². The Bertz CT molecular complexity index is 1130. The zero-order chi connectivity index (χ0) is 18.8. The topological polar surface area (TPSA) is 87.7 Å². The van der Waals surface area contributed by atoms with Crippen LogP contribution in [0.2, 0.25) is 0 Å². The second-order valence-electron chi connectivity index (χ2n) is 6.10. The van der Waals surface area contributed by atoms with Crippen LogP contribution in [0.5, 0.6) is 0 Å². The molecule has 27 heavy (non-hydrogen) atoms. The standard InChI is InChI=1S/C20H16N4O2S/c1-12(25)17-6-7-18(27-17)19-15-9-14(4-5-16(15)23-24-19)20(26)22-11-13-3-2-8-21-10-13/h2-10H,11H2,1H3,(H,22,26)(H,23,24). The largest absolute Gasteiger partial charge is 0.348 e. The smallest absolute Gasteiger partial charge is 0.251 e. The number of hydrogen-bond donors (Lipinski definition) is 2. The van der Waals surface area contributed by atoms with Crippen LogP contribution < -0.4 is 5.32 Å². The summed E-state index contributed by atoms with van der Waals surface area (Å²) in [6, 6.07) is 12.8. The quantitative estimate of drug-likeness (QED) is 0.518. The Morgan fingerprint density at radius 2 is 2.07 bits per heavy atom. The summed E-state index contributed by atoms with van der Waals surface area (Å²) >= 11 is 1.40. The van der Waals surface area contributed by atoms with Crippen LogP contribution in [0.3, 0.4) is 0 Å². The molecule has 1 amide bonds. The van der Waals surface area contributed by atoms with Gasteiger partial charge < -0.3 is 5.32 Å². The van der Waals surface area contributed by atoms with Gasteiger partial charge in [0.15, 0.2) is 5.78 Å². The number of fused-ring (bicyclic) bond motifs is 1. The second-order valence-corrected chi connectivity index (χ2v) is 7.18. The van der Waals surface area contributed by atoms with Gasteiger partial charge in [-0.1, -0.05) is 6.07 Å². The first kappa shape index (κ1) is 17.1. The molecule has 0 saturated carbocycles. The maximum Gasteiger partial charge on any atom is 0.251 e. The summed E-state index contributed by atoms with van der Waals surface area (Å²) in [6.07, 6.45) is 3.42. The van der Waals surface area contributed by atoms with E-state index in [0.717, 1.165) is 27.0 Å². The van der Waals surface area contributed by atoms with Crippen molar-refractivity contribution in [3.63, 3.8) is 0 Å². The minimum Gasteiger partial charge on any atom is -0.348 e. The molecule has 0 aliphatic carbocycles. The minimum atomic E-state index is -0.163. The summed E-state index contributed by atoms with van der Waals surface area (Å²) in [5, 5.41) is 11.1. The van der Waals surface area contributed by atoms with E-state index in [1.165, 1.54) is 11.3 Å². The van der Waals surface area contributed by atoms with Gasteiger partial charge in [-0.3, -0.25) is 19.7 Å². The van der Waals surface area contributed by atoms with E-state index in [9.17, 15) is 9.59 Å². The van der Waals surface area contributed by atoms with Gasteiger partial charge in [0.2, 0.25) is 0 Å². The van der Waals surface area contributed by atoms with E-state index < -0.39 is 0 Å². The van der Waals surface area contributed by atoms with Crippen LogP contribution in [0.15, 0.2) is 54.9 Å². The van der Waals surface area contributed by atoms with E-state index in [1.807, 2.05) is 30.3 Å². The molecule has 1 aromatic carbocycles. The van der Waals surface area contributed by atoms with Crippen LogP contribution in [0.4, 0.5) is 0 Å². The monoisotopic (exact) mass is 376 g/mol. The number of amides is 1. The third kappa shape index (κ3) is 3.50. The van der Waals surface area contributed by atoms with Crippen molar-refractivity contribution in [1.82, 2.24) is 20.5 Å². The molecule has 4 aromatic rings. The van der Waals surface area contributed by atoms with E-state index in [-0.39, 0.29) is 11.7 Å². The number of pyridine rings is 1.